The van der Waals surface area contributed by atoms with Crippen LogP contribution >= 0.6 is 11.6 Å². The second-order valence-corrected chi connectivity index (χ2v) is 9.50. The van der Waals surface area contributed by atoms with Crippen LogP contribution in [-0.4, -0.2) is 50.7 Å². The maximum Gasteiger partial charge on any atom is 0.335 e. The number of carbonyl (C=O) groups excluding carboxylic acids is 3. The fraction of sp³-hybridized carbons (Fsp3) is 0.308. The van der Waals surface area contributed by atoms with E-state index in [0.29, 0.717) is 29.4 Å². The van der Waals surface area contributed by atoms with Gasteiger partial charge in [-0.05, 0) is 37.5 Å². The topological polar surface area (TPSA) is 109 Å². The Morgan fingerprint density at radius 3 is 2.64 bits per heavy atom. The van der Waals surface area contributed by atoms with Crippen molar-refractivity contribution in [3.63, 3.8) is 0 Å². The van der Waals surface area contributed by atoms with Gasteiger partial charge in [-0.1, -0.05) is 36.7 Å². The van der Waals surface area contributed by atoms with Crippen molar-refractivity contribution in [3.8, 4) is 0 Å². The van der Waals surface area contributed by atoms with E-state index in [4.69, 9.17) is 11.6 Å². The molecule has 0 aliphatic carbocycles. The number of hydrogen-bond acceptors (Lipinski definition) is 4. The first kappa shape index (κ1) is 25.4. The summed E-state index contributed by atoms with van der Waals surface area (Å²) in [4.78, 5) is 51.4. The van der Waals surface area contributed by atoms with Crippen LogP contribution in [0.15, 0.2) is 42.6 Å². The highest BCUT2D eigenvalue weighted by Gasteiger charge is 2.37. The van der Waals surface area contributed by atoms with Crippen LogP contribution in [0.25, 0.3) is 10.9 Å². The van der Waals surface area contributed by atoms with Crippen molar-refractivity contribution in [2.75, 3.05) is 6.54 Å². The molecule has 2 N–H and O–H groups in total. The molecule has 0 radical (unpaired) electrons. The molecule has 4 rings (SSSR count). The first-order valence-electron chi connectivity index (χ1n) is 11.4. The van der Waals surface area contributed by atoms with Gasteiger partial charge in [0.15, 0.2) is 5.78 Å². The molecule has 0 spiro atoms. The number of carboxylic acids is 1. The number of Topliss-reactive ketones (excluding diaryl/α,β-unsaturated/α-hetero) is 1. The summed E-state index contributed by atoms with van der Waals surface area (Å²) < 4.78 is 15.7. The van der Waals surface area contributed by atoms with Crippen molar-refractivity contribution < 1.29 is 28.7 Å². The highest BCUT2D eigenvalue weighted by Crippen LogP contribution is 2.27. The average Bonchev–Trinajstić information content (AvgIpc) is 3.40. The molecule has 188 valence electrons. The number of hydrogen-bond donors (Lipinski definition) is 2. The van der Waals surface area contributed by atoms with Crippen molar-refractivity contribution in [2.45, 2.75) is 39.4 Å². The summed E-state index contributed by atoms with van der Waals surface area (Å²) in [5.41, 5.74) is 1.09. The van der Waals surface area contributed by atoms with E-state index in [-0.39, 0.29) is 46.8 Å². The fourth-order valence-corrected chi connectivity index (χ4v) is 4.82. The number of carboxylic acid groups (broad SMARTS) is 1. The minimum atomic E-state index is -1.12. The van der Waals surface area contributed by atoms with Crippen molar-refractivity contribution in [3.05, 3.63) is 70.1 Å². The summed E-state index contributed by atoms with van der Waals surface area (Å²) >= 11 is 5.81. The second kappa shape index (κ2) is 10.1. The Kier molecular flexibility index (Phi) is 7.12. The third-order valence-corrected chi connectivity index (χ3v) is 6.72. The summed E-state index contributed by atoms with van der Waals surface area (Å²) in [5.74, 6) is -2.62. The maximum atomic E-state index is 14.2. The molecule has 0 saturated carbocycles. The van der Waals surface area contributed by atoms with Crippen molar-refractivity contribution in [1.29, 1.82) is 0 Å². The number of aromatic nitrogens is 1. The number of fused-ring (bicyclic) bond motifs is 1. The number of aromatic carboxylic acids is 1. The van der Waals surface area contributed by atoms with E-state index in [9.17, 15) is 28.7 Å². The average molecular weight is 514 g/mol. The number of carbonyl (C=O) groups is 4. The first-order valence-corrected chi connectivity index (χ1v) is 11.8. The Hall–Kier alpha value is -3.72. The summed E-state index contributed by atoms with van der Waals surface area (Å²) in [7, 11) is 0. The Labute approximate surface area is 211 Å². The molecule has 0 bridgehead atoms. The minimum Gasteiger partial charge on any atom is -0.478 e. The lowest BCUT2D eigenvalue weighted by atomic mass is 10.1. The largest absolute Gasteiger partial charge is 0.478 e. The van der Waals surface area contributed by atoms with E-state index in [0.717, 1.165) is 0 Å². The van der Waals surface area contributed by atoms with Crippen LogP contribution in [0.4, 0.5) is 4.39 Å². The molecule has 2 atom stereocenters. The zero-order chi connectivity index (χ0) is 26.1. The van der Waals surface area contributed by atoms with Gasteiger partial charge in [-0.3, -0.25) is 14.4 Å². The van der Waals surface area contributed by atoms with Gasteiger partial charge in [0.25, 0.3) is 0 Å². The van der Waals surface area contributed by atoms with E-state index in [1.165, 1.54) is 42.3 Å². The standard InChI is InChI=1S/C26H25ClFN3O5/c1-14-8-22(25(34)29-10-17-4-3-5-20(27)24(17)28)31(11-14)23(33)13-30-12-19(15(2)32)18-7-6-16(26(35)36)9-21(18)30/h3-7,9,12,14,22H,8,10-11,13H2,1-2H3,(H,29,34)(H,35,36). The monoisotopic (exact) mass is 513 g/mol. The molecule has 10 heteroatoms. The lowest BCUT2D eigenvalue weighted by molar-refractivity contribution is -0.138. The van der Waals surface area contributed by atoms with E-state index in [1.54, 1.807) is 16.7 Å². The zero-order valence-electron chi connectivity index (χ0n) is 19.8. The molecule has 2 aromatic carbocycles. The van der Waals surface area contributed by atoms with Gasteiger partial charge in [0.2, 0.25) is 11.8 Å². The van der Waals surface area contributed by atoms with E-state index >= 15 is 0 Å². The number of likely N-dealkylation sites (tertiary alicyclic amines) is 1. The molecule has 2 heterocycles. The molecule has 1 aliphatic heterocycles. The summed E-state index contributed by atoms with van der Waals surface area (Å²) in [5, 5.41) is 12.6. The highest BCUT2D eigenvalue weighted by atomic mass is 35.5. The van der Waals surface area contributed by atoms with Gasteiger partial charge in [0.1, 0.15) is 18.4 Å². The molecule has 2 amide bonds. The molecule has 36 heavy (non-hydrogen) atoms. The van der Waals surface area contributed by atoms with Crippen LogP contribution < -0.4 is 5.32 Å². The van der Waals surface area contributed by atoms with Crippen LogP contribution in [0.2, 0.25) is 5.02 Å². The quantitative estimate of drug-likeness (QED) is 0.466. The van der Waals surface area contributed by atoms with Gasteiger partial charge in [-0.25, -0.2) is 9.18 Å². The molecular weight excluding hydrogens is 489 g/mol. The molecule has 1 fully saturated rings. The van der Waals surface area contributed by atoms with Gasteiger partial charge in [-0.2, -0.15) is 0 Å². The normalized spacial score (nSPS) is 17.4. The lowest BCUT2D eigenvalue weighted by Crippen LogP contribution is -2.46. The van der Waals surface area contributed by atoms with Gasteiger partial charge in [0.05, 0.1) is 16.1 Å². The molecule has 8 nitrogen and oxygen atoms in total. The third kappa shape index (κ3) is 4.97. The van der Waals surface area contributed by atoms with E-state index in [1.807, 2.05) is 6.92 Å². The Bertz CT molecular complexity index is 1390. The predicted molar refractivity (Wildman–Crippen MR) is 131 cm³/mol. The lowest BCUT2D eigenvalue weighted by Gasteiger charge is -2.24. The van der Waals surface area contributed by atoms with Gasteiger partial charge in [-0.15, -0.1) is 0 Å². The number of rotatable bonds is 7. The molecule has 3 aromatic rings. The number of ketones is 1. The summed E-state index contributed by atoms with van der Waals surface area (Å²) in [6, 6.07) is 8.19. The van der Waals surface area contributed by atoms with Gasteiger partial charge in [0, 0.05) is 35.8 Å². The predicted octanol–water partition coefficient (Wildman–Crippen LogP) is 3.89. The number of amides is 2. The van der Waals surface area contributed by atoms with Gasteiger partial charge >= 0.3 is 5.97 Å². The zero-order valence-corrected chi connectivity index (χ0v) is 20.5. The van der Waals surface area contributed by atoms with Crippen LogP contribution in [-0.2, 0) is 22.7 Å². The number of nitrogens with zero attached hydrogens (tertiary/aromatic N) is 2. The number of benzene rings is 2. The molecular formula is C26H25ClFN3O5. The van der Waals surface area contributed by atoms with Crippen molar-refractivity contribution in [1.82, 2.24) is 14.8 Å². The second-order valence-electron chi connectivity index (χ2n) is 9.10. The van der Waals surface area contributed by atoms with Crippen molar-refractivity contribution in [2.24, 2.45) is 5.92 Å². The van der Waals surface area contributed by atoms with Gasteiger partial charge < -0.3 is 19.9 Å². The molecule has 1 saturated heterocycles. The Morgan fingerprint density at radius 2 is 1.94 bits per heavy atom. The summed E-state index contributed by atoms with van der Waals surface area (Å²) in [6.07, 6.45) is 1.98. The van der Waals surface area contributed by atoms with E-state index in [2.05, 4.69) is 5.32 Å². The smallest absolute Gasteiger partial charge is 0.335 e. The molecule has 1 aliphatic rings. The number of halogens is 2. The maximum absolute atomic E-state index is 14.2. The van der Waals surface area contributed by atoms with E-state index < -0.39 is 23.7 Å². The Balaban J connectivity index is 1.55. The fourth-order valence-electron chi connectivity index (χ4n) is 4.63. The molecule has 2 unspecified atom stereocenters. The third-order valence-electron chi connectivity index (χ3n) is 6.43. The first-order chi connectivity index (χ1) is 17.1. The van der Waals surface area contributed by atoms with Crippen molar-refractivity contribution >= 4 is 46.1 Å². The summed E-state index contributed by atoms with van der Waals surface area (Å²) in [6.45, 7) is 3.45. The molecule has 1 aromatic heterocycles. The van der Waals surface area contributed by atoms with Crippen LogP contribution in [0.1, 0.15) is 46.5 Å². The minimum absolute atomic E-state index is 0.0321. The van der Waals surface area contributed by atoms with Crippen LogP contribution in [0.3, 0.4) is 0 Å². The van der Waals surface area contributed by atoms with Crippen LogP contribution in [0, 0.1) is 11.7 Å². The Morgan fingerprint density at radius 1 is 1.19 bits per heavy atom. The highest BCUT2D eigenvalue weighted by molar-refractivity contribution is 6.30. The van der Waals surface area contributed by atoms with Crippen LogP contribution in [0.5, 0.6) is 0 Å². The SMILES string of the molecule is CC(=O)c1cn(CC(=O)N2CC(C)CC2C(=O)NCc2cccc(Cl)c2F)c2cc(C(=O)O)ccc12. The number of nitrogens with one attached hydrogen (secondary N) is 1.